The topological polar surface area (TPSA) is 32.8 Å². The van der Waals surface area contributed by atoms with E-state index in [0.717, 1.165) is 48.9 Å². The standard InChI is InChI=1S/C20H24N2O2S/c1-24-19-8-4-7-18(14-19)21-9-11-22(12-10-21)20(23)17-6-3-5-16(13-17)15-25-2/h3-8,13-14H,9-12,15H2,1-2H3. The van der Waals surface area contributed by atoms with Crippen molar-refractivity contribution < 1.29 is 9.53 Å². The first-order valence-electron chi connectivity index (χ1n) is 8.47. The quantitative estimate of drug-likeness (QED) is 0.821. The Kier molecular flexibility index (Phi) is 5.87. The zero-order chi connectivity index (χ0) is 17.6. The van der Waals surface area contributed by atoms with Crippen LogP contribution in [0.25, 0.3) is 0 Å². The van der Waals surface area contributed by atoms with E-state index in [-0.39, 0.29) is 5.91 Å². The molecule has 25 heavy (non-hydrogen) atoms. The van der Waals surface area contributed by atoms with Crippen molar-refractivity contribution in [2.45, 2.75) is 5.75 Å². The molecule has 132 valence electrons. The lowest BCUT2D eigenvalue weighted by atomic mass is 10.1. The molecule has 0 atom stereocenters. The summed E-state index contributed by atoms with van der Waals surface area (Å²) in [7, 11) is 1.68. The largest absolute Gasteiger partial charge is 0.497 e. The lowest BCUT2D eigenvalue weighted by Crippen LogP contribution is -2.48. The summed E-state index contributed by atoms with van der Waals surface area (Å²) in [6.45, 7) is 3.15. The highest BCUT2D eigenvalue weighted by atomic mass is 32.2. The molecule has 0 spiro atoms. The Balaban J connectivity index is 1.63. The maximum Gasteiger partial charge on any atom is 0.253 e. The van der Waals surface area contributed by atoms with E-state index in [4.69, 9.17) is 4.74 Å². The average molecular weight is 356 g/mol. The monoisotopic (exact) mass is 356 g/mol. The fraction of sp³-hybridized carbons (Fsp3) is 0.350. The first-order valence-corrected chi connectivity index (χ1v) is 9.87. The molecule has 1 aliphatic rings. The van der Waals surface area contributed by atoms with Gasteiger partial charge in [-0.05, 0) is 36.1 Å². The summed E-state index contributed by atoms with van der Waals surface area (Å²) >= 11 is 1.77. The van der Waals surface area contributed by atoms with Crippen LogP contribution in [0.5, 0.6) is 5.75 Å². The van der Waals surface area contributed by atoms with Gasteiger partial charge in [-0.15, -0.1) is 0 Å². The maximum absolute atomic E-state index is 12.8. The number of benzene rings is 2. The Morgan fingerprint density at radius 2 is 1.84 bits per heavy atom. The molecule has 5 heteroatoms. The van der Waals surface area contributed by atoms with Crippen molar-refractivity contribution in [2.75, 3.05) is 44.4 Å². The van der Waals surface area contributed by atoms with E-state index in [0.29, 0.717) is 0 Å². The van der Waals surface area contributed by atoms with Gasteiger partial charge in [0.2, 0.25) is 0 Å². The lowest BCUT2D eigenvalue weighted by molar-refractivity contribution is 0.0746. The average Bonchev–Trinajstić information content (AvgIpc) is 2.68. The summed E-state index contributed by atoms with van der Waals surface area (Å²) in [6.07, 6.45) is 2.08. The van der Waals surface area contributed by atoms with E-state index in [1.807, 2.05) is 41.3 Å². The van der Waals surface area contributed by atoms with Crippen molar-refractivity contribution in [3.8, 4) is 5.75 Å². The van der Waals surface area contributed by atoms with Gasteiger partial charge in [0, 0.05) is 49.2 Å². The third kappa shape index (κ3) is 4.28. The van der Waals surface area contributed by atoms with Crippen LogP contribution in [0.3, 0.4) is 0 Å². The molecular formula is C20H24N2O2S. The van der Waals surface area contributed by atoms with E-state index in [9.17, 15) is 4.79 Å². The van der Waals surface area contributed by atoms with Gasteiger partial charge in [0.15, 0.2) is 0 Å². The van der Waals surface area contributed by atoms with Crippen LogP contribution in [0.4, 0.5) is 5.69 Å². The van der Waals surface area contributed by atoms with Gasteiger partial charge in [0.1, 0.15) is 5.75 Å². The second kappa shape index (κ2) is 8.30. The summed E-state index contributed by atoms with van der Waals surface area (Å²) in [5, 5.41) is 0. The Morgan fingerprint density at radius 3 is 2.56 bits per heavy atom. The number of thioether (sulfide) groups is 1. The van der Waals surface area contributed by atoms with Gasteiger partial charge >= 0.3 is 0 Å². The van der Waals surface area contributed by atoms with Gasteiger partial charge in [0.25, 0.3) is 5.91 Å². The van der Waals surface area contributed by atoms with Gasteiger partial charge in [-0.25, -0.2) is 0 Å². The van der Waals surface area contributed by atoms with Crippen molar-refractivity contribution in [1.82, 2.24) is 4.90 Å². The van der Waals surface area contributed by atoms with Crippen molar-refractivity contribution in [1.29, 1.82) is 0 Å². The molecule has 1 saturated heterocycles. The number of ether oxygens (including phenoxy) is 1. The minimum absolute atomic E-state index is 0.133. The fourth-order valence-corrected chi connectivity index (χ4v) is 3.63. The minimum Gasteiger partial charge on any atom is -0.497 e. The van der Waals surface area contributed by atoms with E-state index >= 15 is 0 Å². The summed E-state index contributed by atoms with van der Waals surface area (Å²) in [6, 6.07) is 16.1. The zero-order valence-corrected chi connectivity index (χ0v) is 15.6. The van der Waals surface area contributed by atoms with Crippen LogP contribution < -0.4 is 9.64 Å². The lowest BCUT2D eigenvalue weighted by Gasteiger charge is -2.36. The molecule has 0 saturated carbocycles. The maximum atomic E-state index is 12.8. The van der Waals surface area contributed by atoms with Gasteiger partial charge in [-0.3, -0.25) is 4.79 Å². The van der Waals surface area contributed by atoms with Crippen LogP contribution in [0.2, 0.25) is 0 Å². The SMILES string of the molecule is COc1cccc(N2CCN(C(=O)c3cccc(CSC)c3)CC2)c1. The van der Waals surface area contributed by atoms with E-state index in [1.54, 1.807) is 18.9 Å². The van der Waals surface area contributed by atoms with Crippen molar-refractivity contribution in [3.63, 3.8) is 0 Å². The van der Waals surface area contributed by atoms with E-state index < -0.39 is 0 Å². The second-order valence-electron chi connectivity index (χ2n) is 6.11. The highest BCUT2D eigenvalue weighted by molar-refractivity contribution is 7.97. The van der Waals surface area contributed by atoms with Crippen LogP contribution in [-0.2, 0) is 5.75 Å². The van der Waals surface area contributed by atoms with Gasteiger partial charge in [0.05, 0.1) is 7.11 Å². The Morgan fingerprint density at radius 1 is 1.08 bits per heavy atom. The predicted octanol–water partition coefficient (Wildman–Crippen LogP) is 3.52. The molecule has 1 fully saturated rings. The van der Waals surface area contributed by atoms with Crippen molar-refractivity contribution in [2.24, 2.45) is 0 Å². The molecule has 1 heterocycles. The Bertz CT molecular complexity index is 727. The number of hydrogen-bond donors (Lipinski definition) is 0. The molecule has 2 aromatic carbocycles. The third-order valence-electron chi connectivity index (χ3n) is 4.47. The summed E-state index contributed by atoms with van der Waals surface area (Å²) < 4.78 is 5.30. The van der Waals surface area contributed by atoms with E-state index in [2.05, 4.69) is 23.3 Å². The number of nitrogens with zero attached hydrogens (tertiary/aromatic N) is 2. The number of piperazine rings is 1. The van der Waals surface area contributed by atoms with Crippen LogP contribution in [0.1, 0.15) is 15.9 Å². The number of rotatable bonds is 5. The highest BCUT2D eigenvalue weighted by Gasteiger charge is 2.22. The van der Waals surface area contributed by atoms with E-state index in [1.165, 1.54) is 5.56 Å². The highest BCUT2D eigenvalue weighted by Crippen LogP contribution is 2.22. The van der Waals surface area contributed by atoms with Gasteiger partial charge in [-0.1, -0.05) is 18.2 Å². The first-order chi connectivity index (χ1) is 12.2. The van der Waals surface area contributed by atoms with Crippen LogP contribution in [0.15, 0.2) is 48.5 Å². The smallest absolute Gasteiger partial charge is 0.253 e. The fourth-order valence-electron chi connectivity index (χ4n) is 3.12. The molecule has 0 aromatic heterocycles. The molecule has 0 unspecified atom stereocenters. The van der Waals surface area contributed by atoms with Gasteiger partial charge in [-0.2, -0.15) is 11.8 Å². The number of amides is 1. The minimum atomic E-state index is 0.133. The molecule has 0 bridgehead atoms. The van der Waals surface area contributed by atoms with Crippen molar-refractivity contribution >= 4 is 23.4 Å². The second-order valence-corrected chi connectivity index (χ2v) is 6.98. The molecule has 3 rings (SSSR count). The molecular weight excluding hydrogens is 332 g/mol. The molecule has 0 aliphatic carbocycles. The summed E-state index contributed by atoms with van der Waals surface area (Å²) in [5.74, 6) is 1.93. The van der Waals surface area contributed by atoms with Crippen LogP contribution in [0, 0.1) is 0 Å². The summed E-state index contributed by atoms with van der Waals surface area (Å²) in [4.78, 5) is 17.0. The first kappa shape index (κ1) is 17.7. The number of carbonyl (C=O) groups excluding carboxylic acids is 1. The molecule has 2 aromatic rings. The van der Waals surface area contributed by atoms with Crippen LogP contribution in [-0.4, -0.2) is 50.4 Å². The number of methoxy groups -OCH3 is 1. The molecule has 4 nitrogen and oxygen atoms in total. The third-order valence-corrected chi connectivity index (χ3v) is 5.09. The number of carbonyl (C=O) groups is 1. The number of anilines is 1. The van der Waals surface area contributed by atoms with Crippen LogP contribution >= 0.6 is 11.8 Å². The molecule has 0 radical (unpaired) electrons. The Hall–Kier alpha value is -2.14. The Labute approximate surface area is 153 Å². The normalized spacial score (nSPS) is 14.5. The zero-order valence-electron chi connectivity index (χ0n) is 14.8. The summed E-state index contributed by atoms with van der Waals surface area (Å²) in [5.41, 5.74) is 3.14. The molecule has 1 amide bonds. The van der Waals surface area contributed by atoms with Crippen molar-refractivity contribution in [3.05, 3.63) is 59.7 Å². The molecule has 0 N–H and O–H groups in total. The number of hydrogen-bond acceptors (Lipinski definition) is 4. The molecule has 1 aliphatic heterocycles. The van der Waals surface area contributed by atoms with Gasteiger partial charge < -0.3 is 14.5 Å². The predicted molar refractivity (Wildman–Crippen MR) is 105 cm³/mol.